The SMILES string of the molecule is COC(=O)C[C@@H](c1ccc(SC)cc1)c1c(O)cc(C)[nH]c1=O. The van der Waals surface area contributed by atoms with Gasteiger partial charge in [-0.1, -0.05) is 12.1 Å². The molecular formula is C17H19NO4S. The number of methoxy groups -OCH3 is 1. The van der Waals surface area contributed by atoms with Crippen molar-refractivity contribution in [3.8, 4) is 5.75 Å². The van der Waals surface area contributed by atoms with Gasteiger partial charge in [0.15, 0.2) is 0 Å². The van der Waals surface area contributed by atoms with E-state index in [0.717, 1.165) is 10.5 Å². The standard InChI is InChI=1S/C17H19NO4S/c1-10-8-14(19)16(17(21)18-10)13(9-15(20)22-2)11-4-6-12(23-3)7-5-11/h4-8,13H,9H2,1-3H3,(H2,18,19,21)/t13-/m0/s1. The summed E-state index contributed by atoms with van der Waals surface area (Å²) in [6.07, 6.45) is 1.95. The molecule has 0 spiro atoms. The van der Waals surface area contributed by atoms with E-state index in [1.54, 1.807) is 18.7 Å². The molecule has 122 valence electrons. The Morgan fingerprint density at radius 3 is 2.52 bits per heavy atom. The second-order valence-electron chi connectivity index (χ2n) is 5.19. The van der Waals surface area contributed by atoms with Gasteiger partial charge in [0.05, 0.1) is 19.1 Å². The molecule has 0 aliphatic rings. The topological polar surface area (TPSA) is 79.4 Å². The van der Waals surface area contributed by atoms with E-state index in [0.29, 0.717) is 5.69 Å². The number of aryl methyl sites for hydroxylation is 1. The number of carbonyl (C=O) groups excluding carboxylic acids is 1. The Kier molecular flexibility index (Phi) is 5.50. The fourth-order valence-electron chi connectivity index (χ4n) is 2.49. The van der Waals surface area contributed by atoms with Crippen LogP contribution in [0.25, 0.3) is 0 Å². The molecule has 6 heteroatoms. The van der Waals surface area contributed by atoms with Gasteiger partial charge in [-0.05, 0) is 36.9 Å². The molecule has 5 nitrogen and oxygen atoms in total. The highest BCUT2D eigenvalue weighted by molar-refractivity contribution is 7.98. The Morgan fingerprint density at radius 2 is 2.00 bits per heavy atom. The van der Waals surface area contributed by atoms with Crippen molar-refractivity contribution in [3.05, 3.63) is 57.5 Å². The van der Waals surface area contributed by atoms with Gasteiger partial charge in [-0.3, -0.25) is 9.59 Å². The molecule has 2 aromatic rings. The first kappa shape index (κ1) is 17.1. The van der Waals surface area contributed by atoms with Crippen LogP contribution in [0.5, 0.6) is 5.75 Å². The van der Waals surface area contributed by atoms with Crippen LogP contribution in [0.1, 0.15) is 29.2 Å². The number of pyridine rings is 1. The first-order valence-electron chi connectivity index (χ1n) is 7.09. The summed E-state index contributed by atoms with van der Waals surface area (Å²) >= 11 is 1.60. The van der Waals surface area contributed by atoms with Crippen molar-refractivity contribution in [2.45, 2.75) is 24.2 Å². The fraction of sp³-hybridized carbons (Fsp3) is 0.294. The van der Waals surface area contributed by atoms with E-state index in [4.69, 9.17) is 4.74 Å². The summed E-state index contributed by atoms with van der Waals surface area (Å²) in [5, 5.41) is 10.2. The van der Waals surface area contributed by atoms with Crippen LogP contribution in [0, 0.1) is 6.92 Å². The molecule has 0 radical (unpaired) electrons. The summed E-state index contributed by atoms with van der Waals surface area (Å²) in [6.45, 7) is 1.69. The van der Waals surface area contributed by atoms with E-state index in [1.807, 2.05) is 30.5 Å². The summed E-state index contributed by atoms with van der Waals surface area (Å²) < 4.78 is 4.74. The number of aromatic amines is 1. The Morgan fingerprint density at radius 1 is 1.35 bits per heavy atom. The molecule has 0 aliphatic heterocycles. The number of aromatic hydroxyl groups is 1. The van der Waals surface area contributed by atoms with Crippen molar-refractivity contribution >= 4 is 17.7 Å². The molecule has 0 aliphatic carbocycles. The number of hydrogen-bond acceptors (Lipinski definition) is 5. The highest BCUT2D eigenvalue weighted by Gasteiger charge is 2.25. The minimum atomic E-state index is -0.567. The smallest absolute Gasteiger partial charge is 0.306 e. The van der Waals surface area contributed by atoms with Crippen LogP contribution in [-0.2, 0) is 9.53 Å². The lowest BCUT2D eigenvalue weighted by molar-refractivity contribution is -0.140. The molecule has 0 saturated carbocycles. The molecule has 2 rings (SSSR count). The largest absolute Gasteiger partial charge is 0.507 e. The van der Waals surface area contributed by atoms with Crippen molar-refractivity contribution in [1.29, 1.82) is 0 Å². The van der Waals surface area contributed by atoms with E-state index >= 15 is 0 Å². The van der Waals surface area contributed by atoms with Crippen LogP contribution in [0.3, 0.4) is 0 Å². The van der Waals surface area contributed by atoms with Gasteiger partial charge in [-0.25, -0.2) is 0 Å². The summed E-state index contributed by atoms with van der Waals surface area (Å²) in [6, 6.07) is 9.04. The summed E-state index contributed by atoms with van der Waals surface area (Å²) in [5.74, 6) is -1.12. The molecule has 1 atom stereocenters. The first-order valence-corrected chi connectivity index (χ1v) is 8.32. The number of nitrogens with one attached hydrogen (secondary N) is 1. The number of thioether (sulfide) groups is 1. The maximum Gasteiger partial charge on any atom is 0.306 e. The van der Waals surface area contributed by atoms with Crippen molar-refractivity contribution < 1.29 is 14.6 Å². The van der Waals surface area contributed by atoms with Crippen molar-refractivity contribution in [2.24, 2.45) is 0 Å². The molecule has 0 unspecified atom stereocenters. The molecule has 1 aromatic heterocycles. The van der Waals surface area contributed by atoms with Gasteiger partial charge in [0.1, 0.15) is 5.75 Å². The van der Waals surface area contributed by atoms with Crippen molar-refractivity contribution in [3.63, 3.8) is 0 Å². The number of carbonyl (C=O) groups is 1. The predicted molar refractivity (Wildman–Crippen MR) is 90.2 cm³/mol. The zero-order valence-electron chi connectivity index (χ0n) is 13.3. The molecule has 2 N–H and O–H groups in total. The lowest BCUT2D eigenvalue weighted by Crippen LogP contribution is -2.20. The van der Waals surface area contributed by atoms with Gasteiger partial charge in [-0.2, -0.15) is 0 Å². The maximum atomic E-state index is 12.3. The van der Waals surface area contributed by atoms with Crippen LogP contribution in [0.4, 0.5) is 0 Å². The van der Waals surface area contributed by atoms with Gasteiger partial charge in [0.25, 0.3) is 5.56 Å². The van der Waals surface area contributed by atoms with E-state index < -0.39 is 17.4 Å². The van der Waals surface area contributed by atoms with Gasteiger partial charge in [0, 0.05) is 16.5 Å². The Hall–Kier alpha value is -2.21. The summed E-state index contributed by atoms with van der Waals surface area (Å²) in [5.41, 5.74) is 1.12. The van der Waals surface area contributed by atoms with E-state index in [-0.39, 0.29) is 17.7 Å². The average Bonchev–Trinajstić information content (AvgIpc) is 2.53. The highest BCUT2D eigenvalue weighted by Crippen LogP contribution is 2.32. The number of hydrogen-bond donors (Lipinski definition) is 2. The summed E-state index contributed by atoms with van der Waals surface area (Å²) in [4.78, 5) is 27.8. The Balaban J connectivity index is 2.54. The average molecular weight is 333 g/mol. The van der Waals surface area contributed by atoms with Gasteiger partial charge in [-0.15, -0.1) is 11.8 Å². The number of H-pyrrole nitrogens is 1. The van der Waals surface area contributed by atoms with Crippen molar-refractivity contribution in [1.82, 2.24) is 4.98 Å². The number of esters is 1. The second kappa shape index (κ2) is 7.37. The molecule has 0 bridgehead atoms. The molecule has 23 heavy (non-hydrogen) atoms. The zero-order chi connectivity index (χ0) is 17.0. The third-order valence-electron chi connectivity index (χ3n) is 3.65. The monoisotopic (exact) mass is 333 g/mol. The normalized spacial score (nSPS) is 12.0. The lowest BCUT2D eigenvalue weighted by atomic mass is 9.88. The van der Waals surface area contributed by atoms with E-state index in [9.17, 15) is 14.7 Å². The Bertz CT molecular complexity index is 752. The fourth-order valence-corrected chi connectivity index (χ4v) is 2.90. The van der Waals surface area contributed by atoms with Crippen LogP contribution < -0.4 is 5.56 Å². The van der Waals surface area contributed by atoms with Gasteiger partial charge < -0.3 is 14.8 Å². The van der Waals surface area contributed by atoms with Crippen molar-refractivity contribution in [2.75, 3.05) is 13.4 Å². The highest BCUT2D eigenvalue weighted by atomic mass is 32.2. The maximum absolute atomic E-state index is 12.3. The van der Waals surface area contributed by atoms with E-state index in [2.05, 4.69) is 4.98 Å². The molecular weight excluding hydrogens is 314 g/mol. The molecule has 1 aromatic carbocycles. The first-order chi connectivity index (χ1) is 11.0. The predicted octanol–water partition coefficient (Wildman–Crippen LogP) is 2.81. The quantitative estimate of drug-likeness (QED) is 0.650. The van der Waals surface area contributed by atoms with E-state index in [1.165, 1.54) is 13.2 Å². The minimum absolute atomic E-state index is 0.0190. The minimum Gasteiger partial charge on any atom is -0.507 e. The second-order valence-corrected chi connectivity index (χ2v) is 6.07. The molecule has 1 heterocycles. The van der Waals surface area contributed by atoms with Crippen LogP contribution >= 0.6 is 11.8 Å². The number of benzene rings is 1. The lowest BCUT2D eigenvalue weighted by Gasteiger charge is -2.18. The third kappa shape index (κ3) is 3.96. The molecule has 0 amide bonds. The molecule has 0 fully saturated rings. The Labute approximate surface area is 138 Å². The van der Waals surface area contributed by atoms with Crippen LogP contribution in [0.15, 0.2) is 40.0 Å². The number of rotatable bonds is 5. The molecule has 0 saturated heterocycles. The third-order valence-corrected chi connectivity index (χ3v) is 4.39. The zero-order valence-corrected chi connectivity index (χ0v) is 14.1. The number of ether oxygens (including phenoxy) is 1. The summed E-state index contributed by atoms with van der Waals surface area (Å²) in [7, 11) is 1.30. The van der Waals surface area contributed by atoms with Crippen LogP contribution in [-0.4, -0.2) is 29.4 Å². The van der Waals surface area contributed by atoms with Gasteiger partial charge >= 0.3 is 5.97 Å². The van der Waals surface area contributed by atoms with Gasteiger partial charge in [0.2, 0.25) is 0 Å². The number of aromatic nitrogens is 1. The van der Waals surface area contributed by atoms with Crippen LogP contribution in [0.2, 0.25) is 0 Å².